The number of carbonyl (C=O) groups excluding carboxylic acids is 1. The molecule has 0 aromatic heterocycles. The minimum Gasteiger partial charge on any atom is -0.348 e. The normalized spacial score (nSPS) is 12.2. The third kappa shape index (κ3) is 4.21. The lowest BCUT2D eigenvalue weighted by atomic mass is 10.1. The van der Waals surface area contributed by atoms with Crippen LogP contribution in [-0.4, -0.2) is 19.0 Å². The van der Waals surface area contributed by atoms with Gasteiger partial charge in [-0.25, -0.2) is 0 Å². The summed E-state index contributed by atoms with van der Waals surface area (Å²) in [7, 11) is 0. The topological polar surface area (TPSA) is 41.1 Å². The van der Waals surface area contributed by atoms with Gasteiger partial charge in [-0.1, -0.05) is 30.7 Å². The van der Waals surface area contributed by atoms with Crippen LogP contribution in [0.2, 0.25) is 5.02 Å². The molecule has 0 heterocycles. The van der Waals surface area contributed by atoms with E-state index in [0.717, 1.165) is 12.1 Å². The molecule has 0 saturated heterocycles. The molecule has 2 N–H and O–H groups in total. The number of likely N-dealkylation sites (N-methyl/N-ethyl adjacent to an activating group) is 1. The Morgan fingerprint density at radius 1 is 1.38 bits per heavy atom. The van der Waals surface area contributed by atoms with Crippen LogP contribution >= 0.6 is 11.6 Å². The summed E-state index contributed by atoms with van der Waals surface area (Å²) in [4.78, 5) is 11.5. The monoisotopic (exact) mass is 240 g/mol. The minimum atomic E-state index is 0.00317. The van der Waals surface area contributed by atoms with E-state index in [9.17, 15) is 4.79 Å². The first-order chi connectivity index (χ1) is 7.63. The molecule has 1 aromatic carbocycles. The fourth-order valence-electron chi connectivity index (χ4n) is 1.37. The Bertz CT molecular complexity index is 337. The zero-order valence-electron chi connectivity index (χ0n) is 9.59. The summed E-state index contributed by atoms with van der Waals surface area (Å²) >= 11 is 5.79. The average Bonchev–Trinajstić information content (AvgIpc) is 2.27. The van der Waals surface area contributed by atoms with Crippen LogP contribution in [0.5, 0.6) is 0 Å². The largest absolute Gasteiger partial charge is 0.348 e. The molecule has 0 spiro atoms. The maximum atomic E-state index is 11.5. The molecule has 0 fully saturated rings. The number of benzene rings is 1. The molecule has 0 aliphatic heterocycles. The maximum absolute atomic E-state index is 11.5. The summed E-state index contributed by atoms with van der Waals surface area (Å²) in [5.41, 5.74) is 1.05. The molecule has 3 nitrogen and oxygen atoms in total. The van der Waals surface area contributed by atoms with Crippen LogP contribution in [0.3, 0.4) is 0 Å². The van der Waals surface area contributed by atoms with Gasteiger partial charge in [0.1, 0.15) is 0 Å². The number of rotatable bonds is 5. The lowest BCUT2D eigenvalue weighted by Crippen LogP contribution is -2.35. The molecule has 1 aromatic rings. The predicted octanol–water partition coefficient (Wildman–Crippen LogP) is 2.13. The molecular formula is C12H17ClN2O. The van der Waals surface area contributed by atoms with Crippen LogP contribution < -0.4 is 10.6 Å². The van der Waals surface area contributed by atoms with Crippen molar-refractivity contribution >= 4 is 17.5 Å². The van der Waals surface area contributed by atoms with Gasteiger partial charge in [-0.15, -0.1) is 0 Å². The second-order valence-electron chi connectivity index (χ2n) is 3.62. The van der Waals surface area contributed by atoms with E-state index in [-0.39, 0.29) is 11.9 Å². The van der Waals surface area contributed by atoms with Gasteiger partial charge < -0.3 is 10.6 Å². The average molecular weight is 241 g/mol. The van der Waals surface area contributed by atoms with Gasteiger partial charge in [0.15, 0.2) is 0 Å². The number of amides is 1. The van der Waals surface area contributed by atoms with Gasteiger partial charge in [-0.05, 0) is 31.2 Å². The molecule has 16 heavy (non-hydrogen) atoms. The second-order valence-corrected chi connectivity index (χ2v) is 4.06. The zero-order valence-corrected chi connectivity index (χ0v) is 10.3. The summed E-state index contributed by atoms with van der Waals surface area (Å²) in [6.07, 6.45) is 0. The lowest BCUT2D eigenvalue weighted by Gasteiger charge is -2.14. The molecule has 4 heteroatoms. The summed E-state index contributed by atoms with van der Waals surface area (Å²) < 4.78 is 0. The molecule has 1 atom stereocenters. The number of hydrogen-bond acceptors (Lipinski definition) is 2. The standard InChI is InChI=1S/C12H17ClN2O/c1-3-14-8-12(16)15-9(2)10-4-6-11(13)7-5-10/h4-7,9,14H,3,8H2,1-2H3,(H,15,16)/t9-/m1/s1. The number of carbonyl (C=O) groups is 1. The first-order valence-corrected chi connectivity index (χ1v) is 5.76. The fraction of sp³-hybridized carbons (Fsp3) is 0.417. The van der Waals surface area contributed by atoms with Crippen molar-refractivity contribution in [2.75, 3.05) is 13.1 Å². The lowest BCUT2D eigenvalue weighted by molar-refractivity contribution is -0.120. The Morgan fingerprint density at radius 2 is 2.00 bits per heavy atom. The van der Waals surface area contributed by atoms with Gasteiger partial charge in [0.2, 0.25) is 5.91 Å². The van der Waals surface area contributed by atoms with Crippen LogP contribution in [0.1, 0.15) is 25.5 Å². The van der Waals surface area contributed by atoms with Crippen LogP contribution in [0.15, 0.2) is 24.3 Å². The summed E-state index contributed by atoms with van der Waals surface area (Å²) in [6.45, 7) is 5.07. The molecule has 1 rings (SSSR count). The summed E-state index contributed by atoms with van der Waals surface area (Å²) in [6, 6.07) is 7.48. The molecular weight excluding hydrogens is 224 g/mol. The molecule has 0 unspecified atom stereocenters. The van der Waals surface area contributed by atoms with Crippen molar-refractivity contribution in [3.8, 4) is 0 Å². The predicted molar refractivity (Wildman–Crippen MR) is 66.6 cm³/mol. The van der Waals surface area contributed by atoms with E-state index in [0.29, 0.717) is 11.6 Å². The second kappa shape index (κ2) is 6.51. The van der Waals surface area contributed by atoms with Crippen molar-refractivity contribution in [2.24, 2.45) is 0 Å². The van der Waals surface area contributed by atoms with Gasteiger partial charge in [-0.2, -0.15) is 0 Å². The quantitative estimate of drug-likeness (QED) is 0.828. The first kappa shape index (κ1) is 13.0. The van der Waals surface area contributed by atoms with Gasteiger partial charge in [0.25, 0.3) is 0 Å². The number of nitrogens with one attached hydrogen (secondary N) is 2. The van der Waals surface area contributed by atoms with Crippen molar-refractivity contribution in [1.82, 2.24) is 10.6 Å². The van der Waals surface area contributed by atoms with Crippen molar-refractivity contribution < 1.29 is 4.79 Å². The Labute approximate surface area is 101 Å². The zero-order chi connectivity index (χ0) is 12.0. The van der Waals surface area contributed by atoms with E-state index in [4.69, 9.17) is 11.6 Å². The molecule has 0 aliphatic carbocycles. The molecule has 0 saturated carbocycles. The van der Waals surface area contributed by atoms with Gasteiger partial charge in [0.05, 0.1) is 12.6 Å². The van der Waals surface area contributed by atoms with E-state index in [1.54, 1.807) is 0 Å². The van der Waals surface area contributed by atoms with Crippen LogP contribution in [-0.2, 0) is 4.79 Å². The fourth-order valence-corrected chi connectivity index (χ4v) is 1.49. The Balaban J connectivity index is 2.48. The van der Waals surface area contributed by atoms with E-state index in [1.807, 2.05) is 38.1 Å². The molecule has 0 aliphatic rings. The SMILES string of the molecule is CCNCC(=O)N[C@H](C)c1ccc(Cl)cc1. The Morgan fingerprint density at radius 3 is 2.56 bits per heavy atom. The Hall–Kier alpha value is -1.06. The van der Waals surface area contributed by atoms with E-state index in [2.05, 4.69) is 10.6 Å². The van der Waals surface area contributed by atoms with E-state index < -0.39 is 0 Å². The molecule has 0 radical (unpaired) electrons. The highest BCUT2D eigenvalue weighted by atomic mass is 35.5. The van der Waals surface area contributed by atoms with Gasteiger partial charge in [-0.3, -0.25) is 4.79 Å². The van der Waals surface area contributed by atoms with Crippen LogP contribution in [0, 0.1) is 0 Å². The molecule has 1 amide bonds. The first-order valence-electron chi connectivity index (χ1n) is 5.39. The summed E-state index contributed by atoms with van der Waals surface area (Å²) in [5.74, 6) is 0.00398. The van der Waals surface area contributed by atoms with Crippen molar-refractivity contribution in [2.45, 2.75) is 19.9 Å². The van der Waals surface area contributed by atoms with Crippen LogP contribution in [0.25, 0.3) is 0 Å². The number of hydrogen-bond donors (Lipinski definition) is 2. The van der Waals surface area contributed by atoms with Crippen molar-refractivity contribution in [3.05, 3.63) is 34.9 Å². The van der Waals surface area contributed by atoms with Crippen molar-refractivity contribution in [3.63, 3.8) is 0 Å². The third-order valence-corrected chi connectivity index (χ3v) is 2.54. The maximum Gasteiger partial charge on any atom is 0.234 e. The summed E-state index contributed by atoms with van der Waals surface area (Å²) in [5, 5.41) is 6.59. The highest BCUT2D eigenvalue weighted by Gasteiger charge is 2.08. The molecule has 0 bridgehead atoms. The highest BCUT2D eigenvalue weighted by molar-refractivity contribution is 6.30. The van der Waals surface area contributed by atoms with Gasteiger partial charge in [0, 0.05) is 5.02 Å². The smallest absolute Gasteiger partial charge is 0.234 e. The van der Waals surface area contributed by atoms with Crippen LogP contribution in [0.4, 0.5) is 0 Å². The third-order valence-electron chi connectivity index (χ3n) is 2.28. The Kier molecular flexibility index (Phi) is 5.29. The minimum absolute atomic E-state index is 0.00317. The van der Waals surface area contributed by atoms with Crippen molar-refractivity contribution in [1.29, 1.82) is 0 Å². The van der Waals surface area contributed by atoms with E-state index in [1.165, 1.54) is 0 Å². The van der Waals surface area contributed by atoms with Gasteiger partial charge >= 0.3 is 0 Å². The number of halogens is 1. The highest BCUT2D eigenvalue weighted by Crippen LogP contribution is 2.15. The van der Waals surface area contributed by atoms with E-state index >= 15 is 0 Å². The molecule has 88 valence electrons.